The molecule has 0 heterocycles. The Balaban J connectivity index is 3.87. The molecule has 0 unspecified atom stereocenters. The number of nitrogens with zero attached hydrogens (tertiary/aromatic N) is 1. The van der Waals surface area contributed by atoms with Crippen LogP contribution in [0.2, 0.25) is 0 Å². The van der Waals surface area contributed by atoms with Crippen LogP contribution in [0.5, 0.6) is 0 Å². The third-order valence-corrected chi connectivity index (χ3v) is 2.51. The standard InChI is InChI=1S/C12H25F3N2/c1-5-7-16-9-11(2,3)10-17(4)8-6-12(13,14)15/h16H,5-10H2,1-4H3. The maximum Gasteiger partial charge on any atom is 0.390 e. The number of alkyl halides is 3. The van der Waals surface area contributed by atoms with Crippen molar-refractivity contribution in [1.82, 2.24) is 10.2 Å². The Morgan fingerprint density at radius 2 is 1.76 bits per heavy atom. The summed E-state index contributed by atoms with van der Waals surface area (Å²) < 4.78 is 36.2. The molecule has 0 fully saturated rings. The first-order chi connectivity index (χ1) is 7.66. The fourth-order valence-electron chi connectivity index (χ4n) is 1.79. The Labute approximate surface area is 103 Å². The van der Waals surface area contributed by atoms with E-state index in [1.807, 2.05) is 0 Å². The zero-order valence-corrected chi connectivity index (χ0v) is 11.3. The van der Waals surface area contributed by atoms with Crippen LogP contribution in [0.15, 0.2) is 0 Å². The van der Waals surface area contributed by atoms with E-state index in [1.54, 1.807) is 11.9 Å². The fraction of sp³-hybridized carbons (Fsp3) is 1.00. The highest BCUT2D eigenvalue weighted by Gasteiger charge is 2.28. The lowest BCUT2D eigenvalue weighted by Crippen LogP contribution is -2.40. The SMILES string of the molecule is CCCNCC(C)(C)CN(C)CCC(F)(F)F. The van der Waals surface area contributed by atoms with E-state index in [9.17, 15) is 13.2 Å². The van der Waals surface area contributed by atoms with Gasteiger partial charge in [0, 0.05) is 19.6 Å². The van der Waals surface area contributed by atoms with Crippen molar-refractivity contribution in [2.45, 2.75) is 39.8 Å². The molecule has 0 rings (SSSR count). The molecule has 0 amide bonds. The van der Waals surface area contributed by atoms with Crippen molar-refractivity contribution in [3.8, 4) is 0 Å². The van der Waals surface area contributed by atoms with Crippen LogP contribution in [-0.2, 0) is 0 Å². The summed E-state index contributed by atoms with van der Waals surface area (Å²) in [6, 6.07) is 0. The molecular weight excluding hydrogens is 229 g/mol. The van der Waals surface area contributed by atoms with Crippen molar-refractivity contribution >= 4 is 0 Å². The summed E-state index contributed by atoms with van der Waals surface area (Å²) in [6.07, 6.45) is -3.72. The lowest BCUT2D eigenvalue weighted by Gasteiger charge is -2.30. The Morgan fingerprint density at radius 1 is 1.18 bits per heavy atom. The molecule has 2 nitrogen and oxygen atoms in total. The average Bonchev–Trinajstić information content (AvgIpc) is 2.13. The van der Waals surface area contributed by atoms with E-state index in [4.69, 9.17) is 0 Å². The van der Waals surface area contributed by atoms with Gasteiger partial charge in [0.2, 0.25) is 0 Å². The highest BCUT2D eigenvalue weighted by atomic mass is 19.4. The van der Waals surface area contributed by atoms with Crippen LogP contribution < -0.4 is 5.32 Å². The van der Waals surface area contributed by atoms with Crippen LogP contribution in [-0.4, -0.2) is 44.3 Å². The smallest absolute Gasteiger partial charge is 0.316 e. The van der Waals surface area contributed by atoms with Gasteiger partial charge < -0.3 is 10.2 Å². The first-order valence-electron chi connectivity index (χ1n) is 6.12. The molecule has 0 saturated heterocycles. The first kappa shape index (κ1) is 16.7. The largest absolute Gasteiger partial charge is 0.390 e. The van der Waals surface area contributed by atoms with E-state index < -0.39 is 12.6 Å². The van der Waals surface area contributed by atoms with E-state index in [2.05, 4.69) is 26.1 Å². The third-order valence-electron chi connectivity index (χ3n) is 2.51. The lowest BCUT2D eigenvalue weighted by molar-refractivity contribution is -0.137. The third kappa shape index (κ3) is 10.6. The van der Waals surface area contributed by atoms with Crippen molar-refractivity contribution in [3.63, 3.8) is 0 Å². The molecule has 0 aromatic heterocycles. The number of hydrogen-bond acceptors (Lipinski definition) is 2. The van der Waals surface area contributed by atoms with Gasteiger partial charge in [0.1, 0.15) is 0 Å². The van der Waals surface area contributed by atoms with Crippen molar-refractivity contribution in [2.24, 2.45) is 5.41 Å². The Kier molecular flexibility index (Phi) is 7.09. The van der Waals surface area contributed by atoms with Crippen molar-refractivity contribution in [3.05, 3.63) is 0 Å². The fourth-order valence-corrected chi connectivity index (χ4v) is 1.79. The Hall–Kier alpha value is -0.290. The quantitative estimate of drug-likeness (QED) is 0.670. The maximum atomic E-state index is 12.1. The molecule has 0 aliphatic carbocycles. The molecule has 0 saturated carbocycles. The molecule has 0 bridgehead atoms. The van der Waals surface area contributed by atoms with Crippen LogP contribution in [0.25, 0.3) is 0 Å². The van der Waals surface area contributed by atoms with Crippen LogP contribution in [0, 0.1) is 5.41 Å². The van der Waals surface area contributed by atoms with Crippen LogP contribution in [0.3, 0.4) is 0 Å². The van der Waals surface area contributed by atoms with Gasteiger partial charge in [-0.2, -0.15) is 13.2 Å². The van der Waals surface area contributed by atoms with Crippen molar-refractivity contribution in [2.75, 3.05) is 33.2 Å². The first-order valence-corrected chi connectivity index (χ1v) is 6.12. The zero-order chi connectivity index (χ0) is 13.5. The second kappa shape index (κ2) is 7.21. The zero-order valence-electron chi connectivity index (χ0n) is 11.3. The molecule has 0 aliphatic rings. The molecule has 1 N–H and O–H groups in total. The molecular formula is C12H25F3N2. The van der Waals surface area contributed by atoms with E-state index in [0.29, 0.717) is 6.54 Å². The summed E-state index contributed by atoms with van der Waals surface area (Å²) in [5.74, 6) is 0. The maximum absolute atomic E-state index is 12.1. The summed E-state index contributed by atoms with van der Waals surface area (Å²) in [6.45, 7) is 8.75. The van der Waals surface area contributed by atoms with Gasteiger partial charge in [-0.25, -0.2) is 0 Å². The predicted octanol–water partition coefficient (Wildman–Crippen LogP) is 2.90. The van der Waals surface area contributed by atoms with E-state index in [0.717, 1.165) is 19.5 Å². The molecule has 17 heavy (non-hydrogen) atoms. The van der Waals surface area contributed by atoms with Gasteiger partial charge in [-0.05, 0) is 25.4 Å². The van der Waals surface area contributed by atoms with Gasteiger partial charge >= 0.3 is 6.18 Å². The Bertz CT molecular complexity index is 202. The molecule has 0 aromatic carbocycles. The minimum Gasteiger partial charge on any atom is -0.316 e. The minimum atomic E-state index is -4.06. The number of hydrogen-bond donors (Lipinski definition) is 1. The van der Waals surface area contributed by atoms with E-state index in [-0.39, 0.29) is 12.0 Å². The van der Waals surface area contributed by atoms with E-state index >= 15 is 0 Å². The Morgan fingerprint density at radius 3 is 2.24 bits per heavy atom. The molecule has 0 aliphatic heterocycles. The van der Waals surface area contributed by atoms with Gasteiger partial charge in [-0.15, -0.1) is 0 Å². The number of nitrogens with one attached hydrogen (secondary N) is 1. The summed E-state index contributed by atoms with van der Waals surface area (Å²) in [5, 5.41) is 3.30. The summed E-state index contributed by atoms with van der Waals surface area (Å²) in [7, 11) is 1.74. The minimum absolute atomic E-state index is 0.00445. The molecule has 0 atom stereocenters. The summed E-state index contributed by atoms with van der Waals surface area (Å²) in [5.41, 5.74) is -0.00445. The topological polar surface area (TPSA) is 15.3 Å². The molecule has 5 heteroatoms. The second-order valence-electron chi connectivity index (χ2n) is 5.44. The molecule has 0 radical (unpaired) electrons. The van der Waals surface area contributed by atoms with Gasteiger partial charge in [-0.1, -0.05) is 20.8 Å². The van der Waals surface area contributed by atoms with Crippen LogP contribution in [0.1, 0.15) is 33.6 Å². The monoisotopic (exact) mass is 254 g/mol. The normalized spacial score (nSPS) is 13.4. The van der Waals surface area contributed by atoms with Gasteiger partial charge in [0.05, 0.1) is 6.42 Å². The van der Waals surface area contributed by atoms with Crippen LogP contribution in [0.4, 0.5) is 13.2 Å². The van der Waals surface area contributed by atoms with Crippen LogP contribution >= 0.6 is 0 Å². The van der Waals surface area contributed by atoms with Gasteiger partial charge in [-0.3, -0.25) is 0 Å². The average molecular weight is 254 g/mol. The molecule has 0 spiro atoms. The van der Waals surface area contributed by atoms with Crippen molar-refractivity contribution < 1.29 is 13.2 Å². The van der Waals surface area contributed by atoms with Crippen molar-refractivity contribution in [1.29, 1.82) is 0 Å². The second-order valence-corrected chi connectivity index (χ2v) is 5.44. The summed E-state index contributed by atoms with van der Waals surface area (Å²) >= 11 is 0. The number of rotatable bonds is 8. The van der Waals surface area contributed by atoms with Gasteiger partial charge in [0.15, 0.2) is 0 Å². The van der Waals surface area contributed by atoms with Gasteiger partial charge in [0.25, 0.3) is 0 Å². The molecule has 0 aromatic rings. The van der Waals surface area contributed by atoms with E-state index in [1.165, 1.54) is 0 Å². The number of halogens is 3. The highest BCUT2D eigenvalue weighted by molar-refractivity contribution is 4.75. The highest BCUT2D eigenvalue weighted by Crippen LogP contribution is 2.21. The lowest BCUT2D eigenvalue weighted by atomic mass is 9.92. The predicted molar refractivity (Wildman–Crippen MR) is 65.1 cm³/mol. The molecule has 104 valence electrons. The summed E-state index contributed by atoms with van der Waals surface area (Å²) in [4.78, 5) is 1.75.